The molecule has 1 aromatic heterocycles. The normalized spacial score (nSPS) is 20.9. The Bertz CT molecular complexity index is 324. The number of nitrogen functional groups attached to an aromatic ring is 1. The molecule has 0 amide bonds. The van der Waals surface area contributed by atoms with Gasteiger partial charge in [-0.3, -0.25) is 0 Å². The highest BCUT2D eigenvalue weighted by molar-refractivity contribution is 5.52. The summed E-state index contributed by atoms with van der Waals surface area (Å²) in [6, 6.07) is 4.01. The van der Waals surface area contributed by atoms with Crippen molar-refractivity contribution in [3.63, 3.8) is 0 Å². The molecule has 0 spiro atoms. The van der Waals surface area contributed by atoms with Gasteiger partial charge < -0.3 is 10.6 Å². The van der Waals surface area contributed by atoms with Crippen molar-refractivity contribution >= 4 is 11.5 Å². The van der Waals surface area contributed by atoms with Gasteiger partial charge in [-0.05, 0) is 24.8 Å². The average molecular weight is 205 g/mol. The predicted octanol–water partition coefficient (Wildman–Crippen LogP) is 2.29. The number of nitrogens with zero attached hydrogens (tertiary/aromatic N) is 2. The Balaban J connectivity index is 2.01. The van der Waals surface area contributed by atoms with Gasteiger partial charge in [-0.15, -0.1) is 0 Å². The predicted molar refractivity (Wildman–Crippen MR) is 63.9 cm³/mol. The molecular weight excluding hydrogens is 186 g/mol. The van der Waals surface area contributed by atoms with Gasteiger partial charge in [-0.2, -0.15) is 0 Å². The van der Waals surface area contributed by atoms with Gasteiger partial charge >= 0.3 is 0 Å². The van der Waals surface area contributed by atoms with Gasteiger partial charge in [0, 0.05) is 31.0 Å². The van der Waals surface area contributed by atoms with Crippen LogP contribution in [0.5, 0.6) is 0 Å². The lowest BCUT2D eigenvalue weighted by atomic mass is 10.0. The van der Waals surface area contributed by atoms with Crippen molar-refractivity contribution < 1.29 is 0 Å². The zero-order valence-corrected chi connectivity index (χ0v) is 9.32. The molecule has 2 N–H and O–H groups in total. The fourth-order valence-electron chi connectivity index (χ4n) is 2.34. The number of pyridine rings is 1. The third-order valence-corrected chi connectivity index (χ3v) is 3.11. The summed E-state index contributed by atoms with van der Waals surface area (Å²) < 4.78 is 0. The van der Waals surface area contributed by atoms with Gasteiger partial charge in [0.25, 0.3) is 0 Å². The maximum absolute atomic E-state index is 5.68. The minimum absolute atomic E-state index is 0.617. The smallest absolute Gasteiger partial charge is 0.125 e. The molecule has 1 aromatic rings. The summed E-state index contributed by atoms with van der Waals surface area (Å²) in [4.78, 5) is 6.43. The van der Waals surface area contributed by atoms with E-state index < -0.39 is 0 Å². The van der Waals surface area contributed by atoms with Crippen LogP contribution in [0.15, 0.2) is 18.3 Å². The van der Waals surface area contributed by atoms with E-state index in [-0.39, 0.29) is 0 Å². The van der Waals surface area contributed by atoms with Crippen molar-refractivity contribution in [2.45, 2.75) is 26.2 Å². The van der Waals surface area contributed by atoms with E-state index >= 15 is 0 Å². The van der Waals surface area contributed by atoms with E-state index in [1.54, 1.807) is 6.20 Å². The lowest BCUT2D eigenvalue weighted by Crippen LogP contribution is -2.19. The van der Waals surface area contributed by atoms with Gasteiger partial charge in [0.2, 0.25) is 0 Å². The van der Waals surface area contributed by atoms with Crippen LogP contribution in [0.1, 0.15) is 26.2 Å². The Hall–Kier alpha value is -1.25. The summed E-state index contributed by atoms with van der Waals surface area (Å²) in [7, 11) is 0. The van der Waals surface area contributed by atoms with Gasteiger partial charge in [-0.25, -0.2) is 4.98 Å². The lowest BCUT2D eigenvalue weighted by molar-refractivity contribution is 0.530. The highest BCUT2D eigenvalue weighted by Gasteiger charge is 2.21. The summed E-state index contributed by atoms with van der Waals surface area (Å²) in [5.41, 5.74) is 6.91. The molecule has 2 heterocycles. The van der Waals surface area contributed by atoms with Gasteiger partial charge in [-0.1, -0.05) is 13.3 Å². The Morgan fingerprint density at radius 2 is 2.47 bits per heavy atom. The van der Waals surface area contributed by atoms with Crippen LogP contribution < -0.4 is 10.6 Å². The van der Waals surface area contributed by atoms with Crippen LogP contribution in [0, 0.1) is 5.92 Å². The third kappa shape index (κ3) is 2.41. The van der Waals surface area contributed by atoms with Gasteiger partial charge in [0.15, 0.2) is 0 Å². The van der Waals surface area contributed by atoms with E-state index in [1.807, 2.05) is 12.1 Å². The van der Waals surface area contributed by atoms with Crippen LogP contribution in [0.4, 0.5) is 11.5 Å². The average Bonchev–Trinajstić information content (AvgIpc) is 2.67. The first-order valence-corrected chi connectivity index (χ1v) is 5.76. The number of nitrogens with two attached hydrogens (primary N) is 1. The highest BCUT2D eigenvalue weighted by Crippen LogP contribution is 2.26. The maximum atomic E-state index is 5.68. The molecule has 1 unspecified atom stereocenters. The fourth-order valence-corrected chi connectivity index (χ4v) is 2.34. The van der Waals surface area contributed by atoms with Crippen molar-refractivity contribution in [3.05, 3.63) is 18.3 Å². The molecule has 82 valence electrons. The third-order valence-electron chi connectivity index (χ3n) is 3.11. The topological polar surface area (TPSA) is 42.2 Å². The van der Waals surface area contributed by atoms with Crippen LogP contribution in [-0.4, -0.2) is 18.1 Å². The van der Waals surface area contributed by atoms with E-state index in [4.69, 9.17) is 5.73 Å². The summed E-state index contributed by atoms with van der Waals surface area (Å²) >= 11 is 0. The van der Waals surface area contributed by atoms with Crippen LogP contribution in [-0.2, 0) is 0 Å². The molecule has 0 radical (unpaired) electrons. The lowest BCUT2D eigenvalue weighted by Gasteiger charge is -2.18. The molecule has 1 fully saturated rings. The molecule has 0 aromatic carbocycles. The van der Waals surface area contributed by atoms with Crippen LogP contribution in [0.25, 0.3) is 0 Å². The second kappa shape index (κ2) is 4.51. The molecule has 1 atom stereocenters. The maximum Gasteiger partial charge on any atom is 0.125 e. The van der Waals surface area contributed by atoms with Crippen molar-refractivity contribution in [2.24, 2.45) is 5.92 Å². The summed E-state index contributed by atoms with van der Waals surface area (Å²) in [5.74, 6) is 1.48. The molecule has 1 aliphatic rings. The van der Waals surface area contributed by atoms with E-state index in [2.05, 4.69) is 16.8 Å². The molecule has 1 saturated heterocycles. The SMILES string of the molecule is CCCC1CCN(c2ccnc(N)c2)C1. The number of rotatable bonds is 3. The van der Waals surface area contributed by atoms with E-state index in [0.717, 1.165) is 12.5 Å². The minimum Gasteiger partial charge on any atom is -0.384 e. The van der Waals surface area contributed by atoms with E-state index in [9.17, 15) is 0 Å². The molecule has 1 aliphatic heterocycles. The molecule has 0 bridgehead atoms. The molecule has 15 heavy (non-hydrogen) atoms. The van der Waals surface area contributed by atoms with Gasteiger partial charge in [0.1, 0.15) is 5.82 Å². The van der Waals surface area contributed by atoms with Crippen molar-refractivity contribution in [1.82, 2.24) is 4.98 Å². The second-order valence-electron chi connectivity index (χ2n) is 4.33. The molecule has 2 rings (SSSR count). The zero-order valence-electron chi connectivity index (χ0n) is 9.32. The number of hydrogen-bond donors (Lipinski definition) is 1. The van der Waals surface area contributed by atoms with Crippen LogP contribution in [0.3, 0.4) is 0 Å². The minimum atomic E-state index is 0.617. The van der Waals surface area contributed by atoms with Crippen LogP contribution >= 0.6 is 0 Å². The van der Waals surface area contributed by atoms with Crippen molar-refractivity contribution in [1.29, 1.82) is 0 Å². The fraction of sp³-hybridized carbons (Fsp3) is 0.583. The van der Waals surface area contributed by atoms with Crippen molar-refractivity contribution in [2.75, 3.05) is 23.7 Å². The van der Waals surface area contributed by atoms with E-state index in [1.165, 1.54) is 31.5 Å². The number of aromatic nitrogens is 1. The Kier molecular flexibility index (Phi) is 3.09. The number of anilines is 2. The summed E-state index contributed by atoms with van der Waals surface area (Å²) in [6.07, 6.45) is 5.74. The quantitative estimate of drug-likeness (QED) is 0.823. The Morgan fingerprint density at radius 3 is 3.20 bits per heavy atom. The Morgan fingerprint density at radius 1 is 1.60 bits per heavy atom. The molecule has 0 aliphatic carbocycles. The first kappa shape index (κ1) is 10.3. The standard InChI is InChI=1S/C12H19N3/c1-2-3-10-5-7-15(9-10)11-4-6-14-12(13)8-11/h4,6,8,10H,2-3,5,7,9H2,1H3,(H2,13,14). The monoisotopic (exact) mass is 205 g/mol. The van der Waals surface area contributed by atoms with Crippen LogP contribution in [0.2, 0.25) is 0 Å². The largest absolute Gasteiger partial charge is 0.384 e. The van der Waals surface area contributed by atoms with Gasteiger partial charge in [0.05, 0.1) is 0 Å². The highest BCUT2D eigenvalue weighted by atomic mass is 15.2. The second-order valence-corrected chi connectivity index (χ2v) is 4.33. The van der Waals surface area contributed by atoms with E-state index in [0.29, 0.717) is 5.82 Å². The Labute approximate surface area is 91.3 Å². The molecule has 3 nitrogen and oxygen atoms in total. The zero-order chi connectivity index (χ0) is 10.7. The van der Waals surface area contributed by atoms with Crippen molar-refractivity contribution in [3.8, 4) is 0 Å². The number of hydrogen-bond acceptors (Lipinski definition) is 3. The molecular formula is C12H19N3. The first-order valence-electron chi connectivity index (χ1n) is 5.76. The molecule has 0 saturated carbocycles. The summed E-state index contributed by atoms with van der Waals surface area (Å²) in [6.45, 7) is 4.60. The summed E-state index contributed by atoms with van der Waals surface area (Å²) in [5, 5.41) is 0. The molecule has 3 heteroatoms. The first-order chi connectivity index (χ1) is 7.29.